The average molecular weight is 252 g/mol. The van der Waals surface area contributed by atoms with Crippen LogP contribution < -0.4 is 5.32 Å². The van der Waals surface area contributed by atoms with Gasteiger partial charge in [-0.25, -0.2) is 0 Å². The van der Waals surface area contributed by atoms with Crippen LogP contribution in [0.4, 0.5) is 5.69 Å². The van der Waals surface area contributed by atoms with E-state index in [-0.39, 0.29) is 23.3 Å². The van der Waals surface area contributed by atoms with Gasteiger partial charge >= 0.3 is 0 Å². The minimum absolute atomic E-state index is 0.00525. The lowest BCUT2D eigenvalue weighted by Gasteiger charge is -2.28. The van der Waals surface area contributed by atoms with Crippen molar-refractivity contribution in [1.29, 1.82) is 0 Å². The van der Waals surface area contributed by atoms with Crippen molar-refractivity contribution in [3.8, 4) is 0 Å². The molecule has 1 rings (SSSR count). The Morgan fingerprint density at radius 1 is 1.50 bits per heavy atom. The van der Waals surface area contributed by atoms with Gasteiger partial charge in [0.15, 0.2) is 0 Å². The fourth-order valence-electron chi connectivity index (χ4n) is 1.81. The van der Waals surface area contributed by atoms with Crippen LogP contribution in [0, 0.1) is 17.0 Å². The average Bonchev–Trinajstić information content (AvgIpc) is 2.28. The number of aliphatic hydroxyl groups is 1. The number of benzene rings is 1. The standard InChI is InChI=1S/C13H20N2O3/c1-9-5-6-11(7-12(9)15(17)18)10(2)14-13(3,4)8-16/h5-7,10,14,16H,8H2,1-4H3. The van der Waals surface area contributed by atoms with Gasteiger partial charge < -0.3 is 10.4 Å². The maximum Gasteiger partial charge on any atom is 0.272 e. The second-order valence-electron chi connectivity index (χ2n) is 5.21. The van der Waals surface area contributed by atoms with Gasteiger partial charge in [0, 0.05) is 23.2 Å². The Labute approximate surface area is 107 Å². The second-order valence-corrected chi connectivity index (χ2v) is 5.21. The molecule has 1 aromatic carbocycles. The van der Waals surface area contributed by atoms with Crippen LogP contribution in [0.2, 0.25) is 0 Å². The molecule has 1 unspecified atom stereocenters. The van der Waals surface area contributed by atoms with Crippen molar-refractivity contribution in [2.45, 2.75) is 39.3 Å². The predicted octanol–water partition coefficient (Wildman–Crippen LogP) is 2.32. The molecule has 0 fully saturated rings. The Balaban J connectivity index is 2.97. The third-order valence-electron chi connectivity index (χ3n) is 2.93. The first-order chi connectivity index (χ1) is 8.26. The molecule has 0 saturated carbocycles. The lowest BCUT2D eigenvalue weighted by molar-refractivity contribution is -0.385. The van der Waals surface area contributed by atoms with Crippen LogP contribution in [0.25, 0.3) is 0 Å². The highest BCUT2D eigenvalue weighted by atomic mass is 16.6. The van der Waals surface area contributed by atoms with Gasteiger partial charge in [-0.2, -0.15) is 0 Å². The van der Waals surface area contributed by atoms with E-state index >= 15 is 0 Å². The number of rotatable bonds is 5. The normalized spacial score (nSPS) is 13.4. The predicted molar refractivity (Wildman–Crippen MR) is 70.5 cm³/mol. The Hall–Kier alpha value is -1.46. The van der Waals surface area contributed by atoms with Crippen molar-refractivity contribution in [3.63, 3.8) is 0 Å². The molecular formula is C13H20N2O3. The molecule has 5 nitrogen and oxygen atoms in total. The van der Waals surface area contributed by atoms with Crippen molar-refractivity contribution < 1.29 is 10.0 Å². The van der Waals surface area contributed by atoms with E-state index in [1.54, 1.807) is 19.1 Å². The number of hydrogen-bond acceptors (Lipinski definition) is 4. The van der Waals surface area contributed by atoms with Crippen LogP contribution in [-0.2, 0) is 0 Å². The largest absolute Gasteiger partial charge is 0.394 e. The molecule has 1 atom stereocenters. The molecule has 2 N–H and O–H groups in total. The molecule has 0 amide bonds. The highest BCUT2D eigenvalue weighted by molar-refractivity contribution is 5.43. The third kappa shape index (κ3) is 3.51. The molecular weight excluding hydrogens is 232 g/mol. The monoisotopic (exact) mass is 252 g/mol. The first kappa shape index (κ1) is 14.6. The smallest absolute Gasteiger partial charge is 0.272 e. The fraction of sp³-hybridized carbons (Fsp3) is 0.538. The zero-order valence-corrected chi connectivity index (χ0v) is 11.2. The van der Waals surface area contributed by atoms with E-state index < -0.39 is 5.54 Å². The van der Waals surface area contributed by atoms with Crippen molar-refractivity contribution >= 4 is 5.69 Å². The number of aliphatic hydroxyl groups excluding tert-OH is 1. The Bertz CT molecular complexity index is 444. The van der Waals surface area contributed by atoms with Crippen LogP contribution in [0.5, 0.6) is 0 Å². The summed E-state index contributed by atoms with van der Waals surface area (Å²) in [5.41, 5.74) is 1.20. The van der Waals surface area contributed by atoms with Crippen LogP contribution in [-0.4, -0.2) is 22.2 Å². The molecule has 0 aliphatic carbocycles. The molecule has 5 heteroatoms. The van der Waals surface area contributed by atoms with E-state index in [4.69, 9.17) is 0 Å². The van der Waals surface area contributed by atoms with Crippen LogP contribution in [0.1, 0.15) is 37.9 Å². The minimum Gasteiger partial charge on any atom is -0.394 e. The highest BCUT2D eigenvalue weighted by Gasteiger charge is 2.21. The van der Waals surface area contributed by atoms with Crippen molar-refractivity contribution in [2.75, 3.05) is 6.61 Å². The first-order valence-electron chi connectivity index (χ1n) is 5.90. The van der Waals surface area contributed by atoms with Crippen LogP contribution >= 0.6 is 0 Å². The van der Waals surface area contributed by atoms with Crippen LogP contribution in [0.15, 0.2) is 18.2 Å². The van der Waals surface area contributed by atoms with Crippen molar-refractivity contribution in [3.05, 3.63) is 39.4 Å². The molecule has 0 aliphatic rings. The fourth-order valence-corrected chi connectivity index (χ4v) is 1.81. The van der Waals surface area contributed by atoms with Gasteiger partial charge in [0.05, 0.1) is 11.5 Å². The summed E-state index contributed by atoms with van der Waals surface area (Å²) in [6.07, 6.45) is 0. The van der Waals surface area contributed by atoms with Gasteiger partial charge in [0.2, 0.25) is 0 Å². The number of nitro benzene ring substituents is 1. The summed E-state index contributed by atoms with van der Waals surface area (Å²) >= 11 is 0. The summed E-state index contributed by atoms with van der Waals surface area (Å²) in [4.78, 5) is 10.5. The molecule has 18 heavy (non-hydrogen) atoms. The second kappa shape index (κ2) is 5.46. The lowest BCUT2D eigenvalue weighted by Crippen LogP contribution is -2.43. The number of nitrogens with one attached hydrogen (secondary N) is 1. The lowest BCUT2D eigenvalue weighted by atomic mass is 10.0. The third-order valence-corrected chi connectivity index (χ3v) is 2.93. The number of aryl methyl sites for hydroxylation is 1. The van der Waals surface area contributed by atoms with E-state index in [0.717, 1.165) is 5.56 Å². The summed E-state index contributed by atoms with van der Waals surface area (Å²) in [6, 6.07) is 5.14. The summed E-state index contributed by atoms with van der Waals surface area (Å²) < 4.78 is 0. The maximum absolute atomic E-state index is 10.9. The molecule has 0 heterocycles. The summed E-state index contributed by atoms with van der Waals surface area (Å²) in [5.74, 6) is 0. The maximum atomic E-state index is 10.9. The summed E-state index contributed by atoms with van der Waals surface area (Å²) in [5, 5.41) is 23.3. The molecule has 100 valence electrons. The quantitative estimate of drug-likeness (QED) is 0.623. The first-order valence-corrected chi connectivity index (χ1v) is 5.90. The molecule has 1 aromatic rings. The van der Waals surface area contributed by atoms with Gasteiger partial charge in [0.1, 0.15) is 0 Å². The van der Waals surface area contributed by atoms with Crippen molar-refractivity contribution in [2.24, 2.45) is 0 Å². The van der Waals surface area contributed by atoms with Gasteiger partial charge in [-0.05, 0) is 33.3 Å². The van der Waals surface area contributed by atoms with Crippen LogP contribution in [0.3, 0.4) is 0 Å². The number of hydrogen-bond donors (Lipinski definition) is 2. The summed E-state index contributed by atoms with van der Waals surface area (Å²) in [7, 11) is 0. The van der Waals surface area contributed by atoms with E-state index in [0.29, 0.717) is 5.56 Å². The minimum atomic E-state index is -0.418. The number of nitro groups is 1. The molecule has 0 saturated heterocycles. The molecule has 0 bridgehead atoms. The zero-order valence-electron chi connectivity index (χ0n) is 11.2. The highest BCUT2D eigenvalue weighted by Crippen LogP contribution is 2.24. The molecule has 0 radical (unpaired) electrons. The Morgan fingerprint density at radius 2 is 2.11 bits per heavy atom. The van der Waals surface area contributed by atoms with E-state index in [9.17, 15) is 15.2 Å². The van der Waals surface area contributed by atoms with E-state index in [1.807, 2.05) is 26.8 Å². The van der Waals surface area contributed by atoms with Gasteiger partial charge in [-0.3, -0.25) is 10.1 Å². The van der Waals surface area contributed by atoms with Crippen molar-refractivity contribution in [1.82, 2.24) is 5.32 Å². The van der Waals surface area contributed by atoms with Gasteiger partial charge in [-0.15, -0.1) is 0 Å². The molecule has 0 aliphatic heterocycles. The topological polar surface area (TPSA) is 75.4 Å². The molecule has 0 spiro atoms. The van der Waals surface area contributed by atoms with E-state index in [1.165, 1.54) is 0 Å². The Morgan fingerprint density at radius 3 is 2.61 bits per heavy atom. The SMILES string of the molecule is Cc1ccc(C(C)NC(C)(C)CO)cc1[N+](=O)[O-]. The Kier molecular flexibility index (Phi) is 4.43. The van der Waals surface area contributed by atoms with Gasteiger partial charge in [0.25, 0.3) is 5.69 Å². The van der Waals surface area contributed by atoms with Gasteiger partial charge in [-0.1, -0.05) is 12.1 Å². The molecule has 0 aromatic heterocycles. The van der Waals surface area contributed by atoms with E-state index in [2.05, 4.69) is 5.32 Å². The zero-order chi connectivity index (χ0) is 13.9. The number of nitrogens with zero attached hydrogens (tertiary/aromatic N) is 1. The summed E-state index contributed by atoms with van der Waals surface area (Å²) in [6.45, 7) is 7.41.